The van der Waals surface area contributed by atoms with Crippen LogP contribution in [0.2, 0.25) is 0 Å². The van der Waals surface area contributed by atoms with E-state index in [4.69, 9.17) is 5.11 Å². The molecule has 0 aliphatic rings. The summed E-state index contributed by atoms with van der Waals surface area (Å²) < 4.78 is 0. The van der Waals surface area contributed by atoms with Gasteiger partial charge < -0.3 is 5.11 Å². The average Bonchev–Trinajstić information content (AvgIpc) is 2.51. The lowest BCUT2D eigenvalue weighted by Gasteiger charge is -2.08. The molecule has 0 aromatic heterocycles. The van der Waals surface area contributed by atoms with Crippen LogP contribution in [0.1, 0.15) is 104 Å². The summed E-state index contributed by atoms with van der Waals surface area (Å²) in [4.78, 5) is 10.9. The summed E-state index contributed by atoms with van der Waals surface area (Å²) in [6.07, 6.45) is 21.7. The van der Waals surface area contributed by atoms with Crippen molar-refractivity contribution in [2.45, 2.75) is 104 Å². The van der Waals surface area contributed by atoms with Gasteiger partial charge in [0.1, 0.15) is 0 Å². The van der Waals surface area contributed by atoms with Crippen LogP contribution in [0.25, 0.3) is 0 Å². The molecule has 130 valence electrons. The first-order valence-electron chi connectivity index (χ1n) is 9.60. The van der Waals surface area contributed by atoms with Gasteiger partial charge >= 0.3 is 5.97 Å². The maximum absolute atomic E-state index is 10.9. The lowest BCUT2D eigenvalue weighted by atomic mass is 9.98. The summed E-state index contributed by atoms with van der Waals surface area (Å²) in [6.45, 7) is 4.23. The largest absolute Gasteiger partial charge is 0.481 e. The third kappa shape index (κ3) is 14.2. The van der Waals surface area contributed by atoms with Crippen molar-refractivity contribution in [3.8, 4) is 0 Å². The lowest BCUT2D eigenvalue weighted by Crippen LogP contribution is -2.12. The molecular weight excluding hydrogens is 272 g/mol. The number of allylic oxidation sites excluding steroid dienone is 2. The van der Waals surface area contributed by atoms with Crippen molar-refractivity contribution in [3.05, 3.63) is 12.2 Å². The van der Waals surface area contributed by atoms with E-state index in [0.29, 0.717) is 0 Å². The van der Waals surface area contributed by atoms with Crippen LogP contribution in [0.4, 0.5) is 0 Å². The molecule has 2 heteroatoms. The topological polar surface area (TPSA) is 37.3 Å². The van der Waals surface area contributed by atoms with Gasteiger partial charge in [0.25, 0.3) is 0 Å². The molecule has 0 bridgehead atoms. The molecule has 0 spiro atoms. The molecule has 0 aliphatic heterocycles. The standard InChI is InChI=1S/C20H38O2/c1-3-5-6-7-8-9-10-11-12-13-14-15-16-17-18-19(4-2)20(21)22/h11-12,19H,3-10,13-18H2,1-2H3,(H,21,22)/b12-11+. The van der Waals surface area contributed by atoms with Crippen molar-refractivity contribution in [1.29, 1.82) is 0 Å². The Morgan fingerprint density at radius 3 is 1.82 bits per heavy atom. The molecule has 0 fully saturated rings. The van der Waals surface area contributed by atoms with Crippen LogP contribution >= 0.6 is 0 Å². The highest BCUT2D eigenvalue weighted by Crippen LogP contribution is 2.15. The number of aliphatic carboxylic acids is 1. The Hall–Kier alpha value is -0.790. The second-order valence-electron chi connectivity index (χ2n) is 6.46. The molecule has 0 radical (unpaired) electrons. The first-order chi connectivity index (χ1) is 10.7. The molecule has 1 unspecified atom stereocenters. The zero-order chi connectivity index (χ0) is 16.5. The van der Waals surface area contributed by atoms with Gasteiger partial charge in [0, 0.05) is 0 Å². The third-order valence-corrected chi connectivity index (χ3v) is 4.41. The Morgan fingerprint density at radius 2 is 1.32 bits per heavy atom. The molecule has 0 aromatic rings. The smallest absolute Gasteiger partial charge is 0.306 e. The van der Waals surface area contributed by atoms with Gasteiger partial charge in [-0.25, -0.2) is 0 Å². The minimum atomic E-state index is -0.625. The highest BCUT2D eigenvalue weighted by atomic mass is 16.4. The molecule has 0 rings (SSSR count). The Morgan fingerprint density at radius 1 is 0.818 bits per heavy atom. The fourth-order valence-corrected chi connectivity index (χ4v) is 2.79. The fourth-order valence-electron chi connectivity index (χ4n) is 2.79. The molecule has 0 heterocycles. The Balaban J connectivity index is 3.25. The number of rotatable bonds is 16. The minimum Gasteiger partial charge on any atom is -0.481 e. The van der Waals surface area contributed by atoms with Gasteiger partial charge in [-0.1, -0.05) is 77.4 Å². The van der Waals surface area contributed by atoms with E-state index >= 15 is 0 Å². The molecule has 0 aliphatic carbocycles. The van der Waals surface area contributed by atoms with E-state index in [1.165, 1.54) is 70.6 Å². The van der Waals surface area contributed by atoms with Crippen LogP contribution in [-0.4, -0.2) is 11.1 Å². The summed E-state index contributed by atoms with van der Waals surface area (Å²) in [7, 11) is 0. The maximum Gasteiger partial charge on any atom is 0.306 e. The number of carboxylic acids is 1. The zero-order valence-corrected chi connectivity index (χ0v) is 15.0. The number of hydrogen-bond donors (Lipinski definition) is 1. The van der Waals surface area contributed by atoms with Crippen molar-refractivity contribution in [2.24, 2.45) is 5.92 Å². The van der Waals surface area contributed by atoms with Crippen LogP contribution in [0.15, 0.2) is 12.2 Å². The van der Waals surface area contributed by atoms with Crippen LogP contribution in [0.3, 0.4) is 0 Å². The monoisotopic (exact) mass is 310 g/mol. The molecule has 2 nitrogen and oxygen atoms in total. The van der Waals surface area contributed by atoms with Crippen LogP contribution in [0.5, 0.6) is 0 Å². The number of carbonyl (C=O) groups is 1. The summed E-state index contributed by atoms with van der Waals surface area (Å²) in [5.74, 6) is -0.752. The Kier molecular flexibility index (Phi) is 16.0. The van der Waals surface area contributed by atoms with Gasteiger partial charge in [0.15, 0.2) is 0 Å². The third-order valence-electron chi connectivity index (χ3n) is 4.41. The van der Waals surface area contributed by atoms with E-state index in [9.17, 15) is 4.79 Å². The van der Waals surface area contributed by atoms with E-state index < -0.39 is 5.97 Å². The second kappa shape index (κ2) is 16.6. The summed E-state index contributed by atoms with van der Waals surface area (Å²) in [5, 5.41) is 8.97. The van der Waals surface area contributed by atoms with Gasteiger partial charge in [-0.15, -0.1) is 0 Å². The van der Waals surface area contributed by atoms with Crippen molar-refractivity contribution in [3.63, 3.8) is 0 Å². The molecule has 1 atom stereocenters. The molecule has 0 aromatic carbocycles. The molecule has 0 saturated heterocycles. The van der Waals surface area contributed by atoms with Crippen LogP contribution < -0.4 is 0 Å². The predicted molar refractivity (Wildman–Crippen MR) is 96.3 cm³/mol. The minimum absolute atomic E-state index is 0.128. The summed E-state index contributed by atoms with van der Waals surface area (Å²) in [5.41, 5.74) is 0. The van der Waals surface area contributed by atoms with Gasteiger partial charge in [0.2, 0.25) is 0 Å². The number of unbranched alkanes of at least 4 members (excludes halogenated alkanes) is 10. The second-order valence-corrected chi connectivity index (χ2v) is 6.46. The lowest BCUT2D eigenvalue weighted by molar-refractivity contribution is -0.142. The quantitative estimate of drug-likeness (QED) is 0.253. The van der Waals surface area contributed by atoms with Gasteiger partial charge in [-0.2, -0.15) is 0 Å². The molecular formula is C20H38O2. The molecule has 0 amide bonds. The highest BCUT2D eigenvalue weighted by Gasteiger charge is 2.13. The first kappa shape index (κ1) is 21.2. The van der Waals surface area contributed by atoms with E-state index in [0.717, 1.165) is 19.3 Å². The van der Waals surface area contributed by atoms with E-state index in [2.05, 4.69) is 19.1 Å². The predicted octanol–water partition coefficient (Wildman–Crippen LogP) is 6.74. The zero-order valence-electron chi connectivity index (χ0n) is 15.0. The van der Waals surface area contributed by atoms with E-state index in [-0.39, 0.29) is 5.92 Å². The Labute approximate surface area is 138 Å². The van der Waals surface area contributed by atoms with Gasteiger partial charge in [-0.05, 0) is 38.5 Å². The summed E-state index contributed by atoms with van der Waals surface area (Å²) >= 11 is 0. The highest BCUT2D eigenvalue weighted by molar-refractivity contribution is 5.69. The van der Waals surface area contributed by atoms with E-state index in [1.54, 1.807) is 0 Å². The fraction of sp³-hybridized carbons (Fsp3) is 0.850. The van der Waals surface area contributed by atoms with Crippen molar-refractivity contribution < 1.29 is 9.90 Å². The molecule has 0 saturated carbocycles. The molecule has 22 heavy (non-hydrogen) atoms. The first-order valence-corrected chi connectivity index (χ1v) is 9.60. The number of carboxylic acid groups (broad SMARTS) is 1. The number of hydrogen-bond acceptors (Lipinski definition) is 1. The van der Waals surface area contributed by atoms with Gasteiger partial charge in [-0.3, -0.25) is 4.79 Å². The van der Waals surface area contributed by atoms with Crippen LogP contribution in [-0.2, 0) is 4.79 Å². The van der Waals surface area contributed by atoms with Crippen molar-refractivity contribution in [2.75, 3.05) is 0 Å². The molecule has 1 N–H and O–H groups in total. The summed E-state index contributed by atoms with van der Waals surface area (Å²) in [6, 6.07) is 0. The Bertz CT molecular complexity index is 271. The van der Waals surface area contributed by atoms with Gasteiger partial charge in [0.05, 0.1) is 5.92 Å². The normalized spacial score (nSPS) is 12.8. The van der Waals surface area contributed by atoms with E-state index in [1.807, 2.05) is 6.92 Å². The maximum atomic E-state index is 10.9. The van der Waals surface area contributed by atoms with Crippen molar-refractivity contribution in [1.82, 2.24) is 0 Å². The van der Waals surface area contributed by atoms with Crippen molar-refractivity contribution >= 4 is 5.97 Å². The average molecular weight is 311 g/mol. The SMILES string of the molecule is CCCCCCCC/C=C/CCCCCCC(CC)C(=O)O. The van der Waals surface area contributed by atoms with Crippen LogP contribution in [0, 0.1) is 5.92 Å².